The quantitative estimate of drug-likeness (QED) is 0.696. The minimum absolute atomic E-state index is 0.0439. The Morgan fingerprint density at radius 2 is 1.74 bits per heavy atom. The first-order valence-corrected chi connectivity index (χ1v) is 7.54. The van der Waals surface area contributed by atoms with Gasteiger partial charge >= 0.3 is 0 Å². The molecule has 6 heteroatoms. The van der Waals surface area contributed by atoms with E-state index in [4.69, 9.17) is 0 Å². The Hall–Kier alpha value is -2.44. The van der Waals surface area contributed by atoms with Gasteiger partial charge < -0.3 is 10.0 Å². The third-order valence-electron chi connectivity index (χ3n) is 4.32. The lowest BCUT2D eigenvalue weighted by Gasteiger charge is -2.50. The summed E-state index contributed by atoms with van der Waals surface area (Å²) in [6.45, 7) is 1.45. The molecule has 1 heterocycles. The summed E-state index contributed by atoms with van der Waals surface area (Å²) in [4.78, 5) is 14.2. The van der Waals surface area contributed by atoms with Crippen LogP contribution in [0.3, 0.4) is 0 Å². The molecule has 23 heavy (non-hydrogen) atoms. The smallest absolute Gasteiger partial charge is 0.269 e. The highest BCUT2D eigenvalue weighted by Gasteiger charge is 2.43. The lowest BCUT2D eigenvalue weighted by Crippen LogP contribution is -2.61. The molecule has 1 unspecified atom stereocenters. The van der Waals surface area contributed by atoms with Crippen LogP contribution in [0.2, 0.25) is 0 Å². The molecule has 0 aliphatic carbocycles. The maximum Gasteiger partial charge on any atom is 0.269 e. The van der Waals surface area contributed by atoms with Crippen LogP contribution >= 0.6 is 0 Å². The SMILES string of the molecule is CN1CCCN(c2ccc([N+](=O)[O-])cc2)C1(O)c1ccccc1. The van der Waals surface area contributed by atoms with Crippen molar-refractivity contribution >= 4 is 11.4 Å². The van der Waals surface area contributed by atoms with Crippen LogP contribution in [0, 0.1) is 10.1 Å². The fourth-order valence-electron chi connectivity index (χ4n) is 3.09. The van der Waals surface area contributed by atoms with Crippen molar-refractivity contribution in [2.24, 2.45) is 0 Å². The Morgan fingerprint density at radius 1 is 1.09 bits per heavy atom. The van der Waals surface area contributed by atoms with Gasteiger partial charge in [0.2, 0.25) is 5.85 Å². The standard InChI is InChI=1S/C17H19N3O3/c1-18-12-5-13-19(15-8-10-16(11-9-15)20(22)23)17(18,21)14-6-3-2-4-7-14/h2-4,6-11,21H,5,12-13H2,1H3. The maximum absolute atomic E-state index is 11.4. The van der Waals surface area contributed by atoms with E-state index >= 15 is 0 Å². The number of nitro groups is 1. The van der Waals surface area contributed by atoms with Gasteiger partial charge in [0.05, 0.1) is 4.92 Å². The van der Waals surface area contributed by atoms with E-state index in [-0.39, 0.29) is 5.69 Å². The molecule has 1 saturated heterocycles. The first kappa shape index (κ1) is 15.5. The van der Waals surface area contributed by atoms with Gasteiger partial charge in [0, 0.05) is 36.5 Å². The van der Waals surface area contributed by atoms with Crippen molar-refractivity contribution in [2.45, 2.75) is 12.3 Å². The number of nitro benzene ring substituents is 1. The van der Waals surface area contributed by atoms with Crippen LogP contribution in [0.1, 0.15) is 12.0 Å². The number of hydrogen-bond acceptors (Lipinski definition) is 5. The number of rotatable bonds is 3. The Labute approximate surface area is 134 Å². The van der Waals surface area contributed by atoms with Crippen LogP contribution in [-0.2, 0) is 5.85 Å². The lowest BCUT2D eigenvalue weighted by atomic mass is 10.0. The Bertz CT molecular complexity index is 690. The molecule has 120 valence electrons. The molecule has 0 amide bonds. The van der Waals surface area contributed by atoms with Gasteiger partial charge in [-0.2, -0.15) is 0 Å². The highest BCUT2D eigenvalue weighted by molar-refractivity contribution is 5.54. The number of non-ortho nitro benzene ring substituents is 1. The average Bonchev–Trinajstić information content (AvgIpc) is 2.58. The van der Waals surface area contributed by atoms with E-state index in [0.717, 1.165) is 24.2 Å². The van der Waals surface area contributed by atoms with Gasteiger partial charge in [0.15, 0.2) is 0 Å². The number of anilines is 1. The van der Waals surface area contributed by atoms with E-state index < -0.39 is 10.8 Å². The van der Waals surface area contributed by atoms with Gasteiger partial charge in [0.1, 0.15) is 0 Å². The zero-order valence-corrected chi connectivity index (χ0v) is 12.9. The molecule has 2 aromatic carbocycles. The largest absolute Gasteiger partial charge is 0.355 e. The van der Waals surface area contributed by atoms with E-state index in [1.807, 2.05) is 47.2 Å². The highest BCUT2D eigenvalue weighted by atomic mass is 16.6. The molecule has 6 nitrogen and oxygen atoms in total. The molecular formula is C17H19N3O3. The van der Waals surface area contributed by atoms with Crippen LogP contribution in [0.4, 0.5) is 11.4 Å². The minimum Gasteiger partial charge on any atom is -0.355 e. The second-order valence-electron chi connectivity index (χ2n) is 5.70. The van der Waals surface area contributed by atoms with Crippen molar-refractivity contribution in [3.63, 3.8) is 0 Å². The fourth-order valence-corrected chi connectivity index (χ4v) is 3.09. The predicted octanol–water partition coefficient (Wildman–Crippen LogP) is 2.54. The van der Waals surface area contributed by atoms with Crippen molar-refractivity contribution in [1.82, 2.24) is 4.90 Å². The average molecular weight is 313 g/mol. The van der Waals surface area contributed by atoms with Crippen molar-refractivity contribution in [1.29, 1.82) is 0 Å². The van der Waals surface area contributed by atoms with E-state index in [2.05, 4.69) is 0 Å². The third kappa shape index (κ3) is 2.67. The molecule has 2 aromatic rings. The molecule has 0 saturated carbocycles. The number of nitrogens with zero attached hydrogens (tertiary/aromatic N) is 3. The number of benzene rings is 2. The summed E-state index contributed by atoms with van der Waals surface area (Å²) in [5, 5.41) is 22.2. The van der Waals surface area contributed by atoms with Crippen molar-refractivity contribution in [3.05, 3.63) is 70.3 Å². The summed E-state index contributed by atoms with van der Waals surface area (Å²) in [7, 11) is 1.88. The zero-order valence-electron chi connectivity index (χ0n) is 12.9. The fraction of sp³-hybridized carbons (Fsp3) is 0.294. The second kappa shape index (κ2) is 5.98. The van der Waals surface area contributed by atoms with Gasteiger partial charge in [-0.1, -0.05) is 30.3 Å². The summed E-state index contributed by atoms with van der Waals surface area (Å²) in [5.41, 5.74) is 1.58. The van der Waals surface area contributed by atoms with Gasteiger partial charge in [0.25, 0.3) is 5.69 Å². The molecular weight excluding hydrogens is 294 g/mol. The molecule has 0 spiro atoms. The van der Waals surface area contributed by atoms with E-state index in [1.54, 1.807) is 12.1 Å². The molecule has 1 aliphatic rings. The van der Waals surface area contributed by atoms with Gasteiger partial charge in [-0.15, -0.1) is 0 Å². The highest BCUT2D eigenvalue weighted by Crippen LogP contribution is 2.36. The molecule has 1 fully saturated rings. The first-order chi connectivity index (χ1) is 11.0. The molecule has 3 rings (SSSR count). The Morgan fingerprint density at radius 3 is 2.35 bits per heavy atom. The van der Waals surface area contributed by atoms with E-state index in [1.165, 1.54) is 12.1 Å². The molecule has 1 atom stereocenters. The Balaban J connectivity index is 2.03. The topological polar surface area (TPSA) is 69.9 Å². The van der Waals surface area contributed by atoms with Crippen LogP contribution in [-0.4, -0.2) is 35.1 Å². The second-order valence-corrected chi connectivity index (χ2v) is 5.70. The molecule has 0 aromatic heterocycles. The summed E-state index contributed by atoms with van der Waals surface area (Å²) >= 11 is 0. The number of hydrogen-bond donors (Lipinski definition) is 1. The molecule has 0 bridgehead atoms. The summed E-state index contributed by atoms with van der Waals surface area (Å²) in [5.74, 6) is -1.27. The van der Waals surface area contributed by atoms with Crippen molar-refractivity contribution in [3.8, 4) is 0 Å². The lowest BCUT2D eigenvalue weighted by molar-refractivity contribution is -0.384. The summed E-state index contributed by atoms with van der Waals surface area (Å²) in [6, 6.07) is 15.8. The van der Waals surface area contributed by atoms with Crippen molar-refractivity contribution in [2.75, 3.05) is 25.0 Å². The van der Waals surface area contributed by atoms with Gasteiger partial charge in [-0.3, -0.25) is 15.0 Å². The van der Waals surface area contributed by atoms with E-state index in [9.17, 15) is 15.2 Å². The van der Waals surface area contributed by atoms with Crippen LogP contribution in [0.15, 0.2) is 54.6 Å². The minimum atomic E-state index is -1.27. The molecule has 0 radical (unpaired) electrons. The Kier molecular flexibility index (Phi) is 4.02. The van der Waals surface area contributed by atoms with Crippen LogP contribution in [0.5, 0.6) is 0 Å². The molecule has 1 N–H and O–H groups in total. The normalized spacial score (nSPS) is 22.1. The zero-order chi connectivity index (χ0) is 16.4. The third-order valence-corrected chi connectivity index (χ3v) is 4.32. The first-order valence-electron chi connectivity index (χ1n) is 7.54. The molecule has 1 aliphatic heterocycles. The van der Waals surface area contributed by atoms with Crippen LogP contribution in [0.25, 0.3) is 0 Å². The monoisotopic (exact) mass is 313 g/mol. The van der Waals surface area contributed by atoms with Gasteiger partial charge in [-0.05, 0) is 25.6 Å². The summed E-state index contributed by atoms with van der Waals surface area (Å²) < 4.78 is 0. The maximum atomic E-state index is 11.4. The van der Waals surface area contributed by atoms with Gasteiger partial charge in [-0.25, -0.2) is 0 Å². The number of aliphatic hydroxyl groups is 1. The van der Waals surface area contributed by atoms with Crippen molar-refractivity contribution < 1.29 is 10.0 Å². The summed E-state index contributed by atoms with van der Waals surface area (Å²) in [6.07, 6.45) is 0.905. The van der Waals surface area contributed by atoms with Crippen LogP contribution < -0.4 is 4.90 Å². The predicted molar refractivity (Wildman–Crippen MR) is 88.0 cm³/mol. The van der Waals surface area contributed by atoms with E-state index in [0.29, 0.717) is 6.54 Å².